The first kappa shape index (κ1) is 10.4. The van der Waals surface area contributed by atoms with Crippen molar-refractivity contribution < 1.29 is 8.42 Å². The molecule has 0 saturated heterocycles. The number of nitrogen functional groups attached to an aromatic ring is 1. The zero-order valence-electron chi connectivity index (χ0n) is 8.08. The molecule has 0 amide bonds. The molecule has 0 radical (unpaired) electrons. The summed E-state index contributed by atoms with van der Waals surface area (Å²) < 4.78 is 26.0. The van der Waals surface area contributed by atoms with E-state index in [1.54, 1.807) is 0 Å². The van der Waals surface area contributed by atoms with Crippen LogP contribution in [0.15, 0.2) is 35.6 Å². The number of sulfonamides is 1. The van der Waals surface area contributed by atoms with E-state index in [-0.39, 0.29) is 10.7 Å². The molecule has 0 saturated carbocycles. The van der Waals surface area contributed by atoms with Crippen molar-refractivity contribution in [1.82, 2.24) is 15.2 Å². The topological polar surface area (TPSA) is 114 Å². The van der Waals surface area contributed by atoms with Crippen molar-refractivity contribution in [2.24, 2.45) is 0 Å². The molecule has 2 aromatic heterocycles. The van der Waals surface area contributed by atoms with Crippen LogP contribution in [-0.4, -0.2) is 23.6 Å². The Morgan fingerprint density at radius 1 is 1.44 bits per heavy atom. The van der Waals surface area contributed by atoms with Crippen LogP contribution < -0.4 is 10.5 Å². The maximum absolute atomic E-state index is 11.8. The van der Waals surface area contributed by atoms with E-state index in [1.807, 2.05) is 0 Å². The summed E-state index contributed by atoms with van der Waals surface area (Å²) in [6.07, 6.45) is 4.13. The Balaban J connectivity index is 2.33. The lowest BCUT2D eigenvalue weighted by molar-refractivity contribution is 0.601. The van der Waals surface area contributed by atoms with Gasteiger partial charge in [0.15, 0.2) is 0 Å². The average Bonchev–Trinajstić information content (AvgIpc) is 2.70. The molecule has 16 heavy (non-hydrogen) atoms. The minimum atomic E-state index is -3.64. The molecule has 0 aliphatic carbocycles. The van der Waals surface area contributed by atoms with Crippen LogP contribution >= 0.6 is 0 Å². The number of H-pyrrole nitrogens is 1. The van der Waals surface area contributed by atoms with Gasteiger partial charge in [0, 0.05) is 18.5 Å². The number of pyridine rings is 1. The second kappa shape index (κ2) is 3.81. The van der Waals surface area contributed by atoms with E-state index in [4.69, 9.17) is 5.73 Å². The molecule has 2 rings (SSSR count). The van der Waals surface area contributed by atoms with Crippen LogP contribution in [0.25, 0.3) is 0 Å². The third kappa shape index (κ3) is 2.11. The van der Waals surface area contributed by atoms with Crippen LogP contribution in [0.4, 0.5) is 11.5 Å². The van der Waals surface area contributed by atoms with Gasteiger partial charge in [0.1, 0.15) is 5.82 Å². The fraction of sp³-hybridized carbons (Fsp3) is 0. The predicted octanol–water partition coefficient (Wildman–Crippen LogP) is 0.188. The molecule has 0 atom stereocenters. The molecule has 0 aliphatic rings. The molecule has 0 unspecified atom stereocenters. The van der Waals surface area contributed by atoms with Crippen LogP contribution in [0, 0.1) is 0 Å². The van der Waals surface area contributed by atoms with E-state index >= 15 is 0 Å². The summed E-state index contributed by atoms with van der Waals surface area (Å²) in [4.78, 5) is 3.77. The molecule has 7 nitrogen and oxygen atoms in total. The van der Waals surface area contributed by atoms with Crippen LogP contribution in [-0.2, 0) is 10.0 Å². The summed E-state index contributed by atoms with van der Waals surface area (Å²) in [6.45, 7) is 0. The molecule has 0 aromatic carbocycles. The number of rotatable bonds is 3. The fourth-order valence-corrected chi connectivity index (χ4v) is 2.17. The quantitative estimate of drug-likeness (QED) is 0.707. The standard InChI is InChI=1S/C8H9N5O2S/c9-8-3-7(1-2-10-8)16(14,15)13-6-4-11-12-5-6/h1-5,13H,(H2,9,10)(H,11,12). The minimum absolute atomic E-state index is 0.0567. The summed E-state index contributed by atoms with van der Waals surface area (Å²) in [7, 11) is -3.64. The van der Waals surface area contributed by atoms with Gasteiger partial charge >= 0.3 is 0 Å². The van der Waals surface area contributed by atoms with E-state index in [0.717, 1.165) is 0 Å². The van der Waals surface area contributed by atoms with Gasteiger partial charge in [-0.3, -0.25) is 9.82 Å². The number of anilines is 2. The van der Waals surface area contributed by atoms with Crippen LogP contribution in [0.1, 0.15) is 0 Å². The Morgan fingerprint density at radius 2 is 2.25 bits per heavy atom. The second-order valence-electron chi connectivity index (χ2n) is 3.01. The van der Waals surface area contributed by atoms with E-state index in [2.05, 4.69) is 19.9 Å². The highest BCUT2D eigenvalue weighted by molar-refractivity contribution is 7.92. The molecule has 2 heterocycles. The molecule has 0 bridgehead atoms. The summed E-state index contributed by atoms with van der Waals surface area (Å²) in [5, 5.41) is 6.13. The Morgan fingerprint density at radius 3 is 2.88 bits per heavy atom. The first-order valence-corrected chi connectivity index (χ1v) is 5.79. The van der Waals surface area contributed by atoms with E-state index in [1.165, 1.54) is 30.7 Å². The van der Waals surface area contributed by atoms with Gasteiger partial charge in [-0.1, -0.05) is 0 Å². The average molecular weight is 239 g/mol. The molecule has 0 fully saturated rings. The van der Waals surface area contributed by atoms with Gasteiger partial charge in [-0.25, -0.2) is 13.4 Å². The van der Waals surface area contributed by atoms with Gasteiger partial charge < -0.3 is 5.73 Å². The number of nitrogens with zero attached hydrogens (tertiary/aromatic N) is 2. The van der Waals surface area contributed by atoms with E-state index < -0.39 is 10.0 Å². The SMILES string of the molecule is Nc1cc(S(=O)(=O)Nc2cn[nH]c2)ccn1. The first-order chi connectivity index (χ1) is 7.58. The van der Waals surface area contributed by atoms with E-state index in [0.29, 0.717) is 5.69 Å². The van der Waals surface area contributed by atoms with Crippen molar-refractivity contribution in [2.45, 2.75) is 4.90 Å². The Labute approximate surface area is 91.8 Å². The Kier molecular flexibility index (Phi) is 2.49. The predicted molar refractivity (Wildman–Crippen MR) is 58.0 cm³/mol. The number of nitrogens with two attached hydrogens (primary N) is 1. The van der Waals surface area contributed by atoms with Crippen molar-refractivity contribution >= 4 is 21.5 Å². The van der Waals surface area contributed by atoms with Crippen molar-refractivity contribution in [1.29, 1.82) is 0 Å². The molecule has 8 heteroatoms. The lowest BCUT2D eigenvalue weighted by atomic mass is 10.5. The highest BCUT2D eigenvalue weighted by Crippen LogP contribution is 2.15. The van der Waals surface area contributed by atoms with Gasteiger partial charge in [-0.2, -0.15) is 5.10 Å². The van der Waals surface area contributed by atoms with Gasteiger partial charge in [0.2, 0.25) is 0 Å². The summed E-state index contributed by atoms with van der Waals surface area (Å²) in [5.74, 6) is 0.148. The monoisotopic (exact) mass is 239 g/mol. The molecule has 0 spiro atoms. The fourth-order valence-electron chi connectivity index (χ4n) is 1.12. The molecule has 2 aromatic rings. The third-order valence-corrected chi connectivity index (χ3v) is 3.19. The lowest BCUT2D eigenvalue weighted by Crippen LogP contribution is -2.13. The van der Waals surface area contributed by atoms with Crippen LogP contribution in [0.3, 0.4) is 0 Å². The number of aromatic nitrogens is 3. The number of aromatic amines is 1. The summed E-state index contributed by atoms with van der Waals surface area (Å²) in [6, 6.07) is 2.64. The molecule has 84 valence electrons. The summed E-state index contributed by atoms with van der Waals surface area (Å²) in [5.41, 5.74) is 5.76. The molecular formula is C8H9N5O2S. The highest BCUT2D eigenvalue weighted by atomic mass is 32.2. The highest BCUT2D eigenvalue weighted by Gasteiger charge is 2.14. The Bertz CT molecular complexity index is 578. The smallest absolute Gasteiger partial charge is 0.262 e. The normalized spacial score (nSPS) is 11.2. The van der Waals surface area contributed by atoms with Crippen molar-refractivity contribution in [3.05, 3.63) is 30.7 Å². The minimum Gasteiger partial charge on any atom is -0.384 e. The van der Waals surface area contributed by atoms with Gasteiger partial charge in [-0.15, -0.1) is 0 Å². The number of hydrogen-bond acceptors (Lipinski definition) is 5. The van der Waals surface area contributed by atoms with Gasteiger partial charge in [0.05, 0.1) is 16.8 Å². The maximum Gasteiger partial charge on any atom is 0.262 e. The first-order valence-electron chi connectivity index (χ1n) is 4.31. The second-order valence-corrected chi connectivity index (χ2v) is 4.69. The Hall–Kier alpha value is -2.09. The third-order valence-electron chi connectivity index (χ3n) is 1.81. The van der Waals surface area contributed by atoms with E-state index in [9.17, 15) is 8.42 Å². The van der Waals surface area contributed by atoms with Crippen molar-refractivity contribution in [3.8, 4) is 0 Å². The zero-order chi connectivity index (χ0) is 11.6. The number of nitrogens with one attached hydrogen (secondary N) is 2. The van der Waals surface area contributed by atoms with Crippen molar-refractivity contribution in [2.75, 3.05) is 10.5 Å². The van der Waals surface area contributed by atoms with Gasteiger partial charge in [-0.05, 0) is 6.07 Å². The number of hydrogen-bond donors (Lipinski definition) is 3. The molecular weight excluding hydrogens is 230 g/mol. The van der Waals surface area contributed by atoms with Crippen LogP contribution in [0.5, 0.6) is 0 Å². The lowest BCUT2D eigenvalue weighted by Gasteiger charge is -2.05. The molecule has 4 N–H and O–H groups in total. The van der Waals surface area contributed by atoms with Crippen LogP contribution in [0.2, 0.25) is 0 Å². The molecule has 0 aliphatic heterocycles. The largest absolute Gasteiger partial charge is 0.384 e. The van der Waals surface area contributed by atoms with Gasteiger partial charge in [0.25, 0.3) is 10.0 Å². The maximum atomic E-state index is 11.8. The zero-order valence-corrected chi connectivity index (χ0v) is 8.90. The summed E-state index contributed by atoms with van der Waals surface area (Å²) >= 11 is 0. The van der Waals surface area contributed by atoms with Crippen molar-refractivity contribution in [3.63, 3.8) is 0 Å².